The number of rotatable bonds is 13. The van der Waals surface area contributed by atoms with Crippen molar-refractivity contribution in [3.05, 3.63) is 36.5 Å². The molecule has 2 amide bonds. The Morgan fingerprint density at radius 3 is 2.76 bits per heavy atom. The van der Waals surface area contributed by atoms with Crippen LogP contribution in [0, 0.1) is 11.8 Å². The summed E-state index contributed by atoms with van der Waals surface area (Å²) in [6, 6.07) is 0. The Hall–Kier alpha value is -2.21. The van der Waals surface area contributed by atoms with Gasteiger partial charge in [-0.15, -0.1) is 0 Å². The van der Waals surface area contributed by atoms with E-state index in [1.165, 1.54) is 6.92 Å². The molecule has 0 heterocycles. The van der Waals surface area contributed by atoms with Crippen molar-refractivity contribution in [3.8, 4) is 0 Å². The molecule has 1 aliphatic rings. The highest BCUT2D eigenvalue weighted by Crippen LogP contribution is 2.27. The molecule has 0 saturated heterocycles. The number of aliphatic hydroxyl groups excluding tert-OH is 1. The van der Waals surface area contributed by atoms with Gasteiger partial charge in [0.25, 0.3) is 0 Å². The van der Waals surface area contributed by atoms with Crippen molar-refractivity contribution in [2.45, 2.75) is 71.3 Å². The molecule has 1 aliphatic carbocycles. The molecule has 3 atom stereocenters. The van der Waals surface area contributed by atoms with Crippen LogP contribution in [0.4, 0.5) is 4.79 Å². The number of allylic oxidation sites excluding steroid dienone is 5. The van der Waals surface area contributed by atoms with Crippen molar-refractivity contribution in [2.24, 2.45) is 11.8 Å². The van der Waals surface area contributed by atoms with Gasteiger partial charge in [0.2, 0.25) is 5.91 Å². The van der Waals surface area contributed by atoms with Crippen LogP contribution < -0.4 is 5.32 Å². The number of alkyl carbamates (subject to hydrolysis) is 1. The van der Waals surface area contributed by atoms with Crippen molar-refractivity contribution in [3.63, 3.8) is 0 Å². The largest absolute Gasteiger partial charge is 0.449 e. The number of imide groups is 1. The predicted molar refractivity (Wildman–Crippen MR) is 113 cm³/mol. The first-order valence-electron chi connectivity index (χ1n) is 10.6. The molecule has 6 nitrogen and oxygen atoms in total. The van der Waals surface area contributed by atoms with E-state index < -0.39 is 18.1 Å². The number of ether oxygens (including phenoxy) is 1. The average molecular weight is 406 g/mol. The molecular formula is C23H35NO5. The minimum absolute atomic E-state index is 0.0427. The van der Waals surface area contributed by atoms with Crippen LogP contribution in [0.1, 0.15) is 65.2 Å². The topological polar surface area (TPSA) is 92.7 Å². The molecule has 0 saturated carbocycles. The molecule has 162 valence electrons. The van der Waals surface area contributed by atoms with Crippen LogP contribution in [0.25, 0.3) is 0 Å². The van der Waals surface area contributed by atoms with Gasteiger partial charge in [0.1, 0.15) is 0 Å². The lowest BCUT2D eigenvalue weighted by Gasteiger charge is -2.13. The van der Waals surface area contributed by atoms with Crippen LogP contribution in [0.15, 0.2) is 36.5 Å². The van der Waals surface area contributed by atoms with Crippen LogP contribution in [0.2, 0.25) is 0 Å². The highest BCUT2D eigenvalue weighted by Gasteiger charge is 2.27. The third kappa shape index (κ3) is 11.4. The van der Waals surface area contributed by atoms with Gasteiger partial charge in [-0.1, -0.05) is 56.6 Å². The first-order chi connectivity index (χ1) is 13.9. The second kappa shape index (κ2) is 14.7. The van der Waals surface area contributed by atoms with E-state index in [9.17, 15) is 19.5 Å². The maximum absolute atomic E-state index is 12.1. The number of hydrogen-bond acceptors (Lipinski definition) is 5. The maximum atomic E-state index is 12.1. The fourth-order valence-electron chi connectivity index (χ4n) is 3.15. The highest BCUT2D eigenvalue weighted by atomic mass is 16.5. The number of carbonyl (C=O) groups is 3. The Morgan fingerprint density at radius 2 is 2.03 bits per heavy atom. The minimum Gasteiger partial charge on any atom is -0.449 e. The van der Waals surface area contributed by atoms with Gasteiger partial charge in [-0.2, -0.15) is 0 Å². The van der Waals surface area contributed by atoms with Crippen molar-refractivity contribution in [2.75, 3.05) is 6.61 Å². The van der Waals surface area contributed by atoms with Crippen molar-refractivity contribution in [1.29, 1.82) is 0 Å². The van der Waals surface area contributed by atoms with Crippen LogP contribution in [0.3, 0.4) is 0 Å². The Morgan fingerprint density at radius 1 is 1.24 bits per heavy atom. The maximum Gasteiger partial charge on any atom is 0.413 e. The Kier molecular flexibility index (Phi) is 12.6. The van der Waals surface area contributed by atoms with E-state index in [1.54, 1.807) is 6.08 Å². The molecule has 0 unspecified atom stereocenters. The average Bonchev–Trinajstić information content (AvgIpc) is 3.01. The van der Waals surface area contributed by atoms with Gasteiger partial charge in [-0.05, 0) is 38.2 Å². The summed E-state index contributed by atoms with van der Waals surface area (Å²) < 4.78 is 4.87. The lowest BCUT2D eigenvalue weighted by atomic mass is 9.90. The monoisotopic (exact) mass is 405 g/mol. The standard InChI is InChI=1S/C23H35NO5/c1-3-4-8-11-20(26)15-13-19-14-16-22(27)21(19)12-9-6-5-7-10-17-29-23(28)24-18(2)25/h6,9,13-16,19-21,26H,3-5,7-8,10-12,17H2,1-2H3,(H,24,25,28)/t19-,20-,21+/m0/s1. The first-order valence-corrected chi connectivity index (χ1v) is 10.6. The zero-order valence-corrected chi connectivity index (χ0v) is 17.6. The van der Waals surface area contributed by atoms with E-state index in [-0.39, 0.29) is 24.2 Å². The van der Waals surface area contributed by atoms with E-state index in [4.69, 9.17) is 4.74 Å². The van der Waals surface area contributed by atoms with Gasteiger partial charge in [0.15, 0.2) is 5.78 Å². The minimum atomic E-state index is -0.713. The van der Waals surface area contributed by atoms with E-state index >= 15 is 0 Å². The summed E-state index contributed by atoms with van der Waals surface area (Å²) in [6.45, 7) is 3.66. The lowest BCUT2D eigenvalue weighted by molar-refractivity contribution is -0.119. The van der Waals surface area contributed by atoms with Crippen LogP contribution in [-0.2, 0) is 14.3 Å². The van der Waals surface area contributed by atoms with Crippen molar-refractivity contribution in [1.82, 2.24) is 5.32 Å². The van der Waals surface area contributed by atoms with Gasteiger partial charge in [-0.3, -0.25) is 14.9 Å². The summed E-state index contributed by atoms with van der Waals surface area (Å²) in [4.78, 5) is 33.9. The van der Waals surface area contributed by atoms with Crippen LogP contribution in [-0.4, -0.2) is 35.6 Å². The Labute approximate surface area is 174 Å². The second-order valence-corrected chi connectivity index (χ2v) is 7.41. The van der Waals surface area contributed by atoms with E-state index in [0.717, 1.165) is 38.5 Å². The molecule has 1 rings (SSSR count). The smallest absolute Gasteiger partial charge is 0.413 e. The number of hydrogen-bond donors (Lipinski definition) is 2. The Balaban J connectivity index is 2.24. The number of carbonyl (C=O) groups excluding carboxylic acids is 3. The second-order valence-electron chi connectivity index (χ2n) is 7.41. The third-order valence-corrected chi connectivity index (χ3v) is 4.80. The van der Waals surface area contributed by atoms with Crippen LogP contribution >= 0.6 is 0 Å². The number of unbranched alkanes of at least 4 members (excludes halogenated alkanes) is 4. The molecule has 29 heavy (non-hydrogen) atoms. The van der Waals surface area contributed by atoms with Gasteiger partial charge < -0.3 is 9.84 Å². The normalized spacial score (nSPS) is 19.9. The summed E-state index contributed by atoms with van der Waals surface area (Å²) in [5.41, 5.74) is 0. The fourth-order valence-corrected chi connectivity index (χ4v) is 3.15. The summed E-state index contributed by atoms with van der Waals surface area (Å²) in [5, 5.41) is 12.1. The number of amides is 2. The quantitative estimate of drug-likeness (QED) is 0.353. The zero-order valence-electron chi connectivity index (χ0n) is 17.6. The summed E-state index contributed by atoms with van der Waals surface area (Å²) >= 11 is 0. The predicted octanol–water partition coefficient (Wildman–Crippen LogP) is 4.24. The molecule has 0 fully saturated rings. The molecule has 0 radical (unpaired) electrons. The number of ketones is 1. The number of nitrogens with one attached hydrogen (secondary N) is 1. The summed E-state index contributed by atoms with van der Waals surface area (Å²) in [5.74, 6) is -0.354. The van der Waals surface area contributed by atoms with Crippen molar-refractivity contribution >= 4 is 17.8 Å². The number of aliphatic hydroxyl groups is 1. The molecule has 6 heteroatoms. The molecule has 0 aromatic carbocycles. The Bertz CT molecular complexity index is 608. The highest BCUT2D eigenvalue weighted by molar-refractivity contribution is 5.95. The fraction of sp³-hybridized carbons (Fsp3) is 0.609. The van der Waals surface area contributed by atoms with E-state index in [2.05, 4.69) is 12.2 Å². The summed E-state index contributed by atoms with van der Waals surface area (Å²) in [7, 11) is 0. The third-order valence-electron chi connectivity index (χ3n) is 4.80. The zero-order chi connectivity index (χ0) is 21.5. The van der Waals surface area contributed by atoms with Gasteiger partial charge in [0, 0.05) is 18.8 Å². The molecule has 0 spiro atoms. The van der Waals surface area contributed by atoms with Gasteiger partial charge >= 0.3 is 6.09 Å². The van der Waals surface area contributed by atoms with Crippen LogP contribution in [0.5, 0.6) is 0 Å². The molecule has 2 N–H and O–H groups in total. The molecule has 0 aromatic heterocycles. The molecular weight excluding hydrogens is 370 g/mol. The SMILES string of the molecule is CCCCC[C@H](O)C=C[C@H]1C=CC(=O)[C@@H]1CC=CCCCCOC(=O)NC(C)=O. The first kappa shape index (κ1) is 24.8. The van der Waals surface area contributed by atoms with E-state index in [0.29, 0.717) is 12.8 Å². The van der Waals surface area contributed by atoms with Gasteiger partial charge in [0.05, 0.1) is 12.7 Å². The van der Waals surface area contributed by atoms with Gasteiger partial charge in [-0.25, -0.2) is 4.79 Å². The lowest BCUT2D eigenvalue weighted by Crippen LogP contribution is -2.28. The van der Waals surface area contributed by atoms with E-state index in [1.807, 2.05) is 30.4 Å². The molecule has 0 aromatic rings. The van der Waals surface area contributed by atoms with Crippen molar-refractivity contribution < 1.29 is 24.2 Å². The molecule has 0 bridgehead atoms. The summed E-state index contributed by atoms with van der Waals surface area (Å²) in [6.07, 6.45) is 17.4. The molecule has 0 aliphatic heterocycles.